The fraction of sp³-hybridized carbons (Fsp3) is 0.667. The van der Waals surface area contributed by atoms with Crippen molar-refractivity contribution in [1.82, 2.24) is 0 Å². The Labute approximate surface area is 105 Å². The van der Waals surface area contributed by atoms with Crippen LogP contribution in [0.15, 0.2) is 22.8 Å². The molecule has 0 heterocycles. The van der Waals surface area contributed by atoms with Crippen molar-refractivity contribution in [1.29, 1.82) is 0 Å². The molecule has 0 aromatic heterocycles. The van der Waals surface area contributed by atoms with Crippen LogP contribution >= 0.6 is 0 Å². The van der Waals surface area contributed by atoms with Crippen LogP contribution in [0.5, 0.6) is 0 Å². The van der Waals surface area contributed by atoms with Crippen LogP contribution in [0.3, 0.4) is 0 Å². The second kappa shape index (κ2) is 4.41. The third-order valence-electron chi connectivity index (χ3n) is 3.50. The minimum Gasteiger partial charge on any atom is -0.362 e. The molecule has 0 saturated carbocycles. The van der Waals surface area contributed by atoms with E-state index >= 15 is 0 Å². The van der Waals surface area contributed by atoms with E-state index < -0.39 is 5.60 Å². The quantitative estimate of drug-likeness (QED) is 0.747. The number of methoxy groups -OCH3 is 1. The van der Waals surface area contributed by atoms with Crippen molar-refractivity contribution < 1.29 is 9.53 Å². The normalized spacial score (nSPS) is 25.2. The van der Waals surface area contributed by atoms with E-state index in [2.05, 4.69) is 26.8 Å². The molecule has 2 heteroatoms. The van der Waals surface area contributed by atoms with Crippen LogP contribution in [0.1, 0.15) is 48.0 Å². The molecule has 0 spiro atoms. The molecule has 1 rings (SSSR count). The molecule has 1 aliphatic rings. The Morgan fingerprint density at radius 1 is 1.29 bits per heavy atom. The Bertz CT molecular complexity index is 394. The topological polar surface area (TPSA) is 26.3 Å². The van der Waals surface area contributed by atoms with Gasteiger partial charge in [-0.2, -0.15) is 0 Å². The Kier molecular flexibility index (Phi) is 3.68. The summed E-state index contributed by atoms with van der Waals surface area (Å²) in [6, 6.07) is 0. The molecule has 0 amide bonds. The average molecular weight is 236 g/mol. The lowest BCUT2D eigenvalue weighted by Crippen LogP contribution is -2.43. The van der Waals surface area contributed by atoms with Crippen molar-refractivity contribution in [3.8, 4) is 0 Å². The van der Waals surface area contributed by atoms with Crippen LogP contribution in [0.2, 0.25) is 0 Å². The van der Waals surface area contributed by atoms with Crippen molar-refractivity contribution in [2.75, 3.05) is 7.11 Å². The van der Waals surface area contributed by atoms with Crippen molar-refractivity contribution in [3.05, 3.63) is 22.8 Å². The summed E-state index contributed by atoms with van der Waals surface area (Å²) in [6.07, 6.45) is 2.58. The molecule has 0 fully saturated rings. The highest BCUT2D eigenvalue weighted by atomic mass is 16.5. The van der Waals surface area contributed by atoms with Crippen LogP contribution < -0.4 is 0 Å². The molecule has 0 bridgehead atoms. The Morgan fingerprint density at radius 2 is 1.82 bits per heavy atom. The van der Waals surface area contributed by atoms with Crippen molar-refractivity contribution in [2.24, 2.45) is 5.41 Å². The number of allylic oxidation sites excluding steroid dienone is 2. The number of hydrogen-bond donors (Lipinski definition) is 0. The van der Waals surface area contributed by atoms with Gasteiger partial charge in [-0.1, -0.05) is 26.8 Å². The maximum Gasteiger partial charge on any atom is 0.173 e. The average Bonchev–Trinajstić information content (AvgIpc) is 2.36. The molecule has 0 aromatic rings. The minimum atomic E-state index is -0.808. The van der Waals surface area contributed by atoms with Crippen LogP contribution in [0.4, 0.5) is 0 Å². The van der Waals surface area contributed by atoms with E-state index in [9.17, 15) is 4.79 Å². The SMILES string of the molecule is COC1(C(=O)CC(C)(C)C)C(C)=CC(C)=C1C. The van der Waals surface area contributed by atoms with Crippen LogP contribution in [-0.4, -0.2) is 18.5 Å². The molecule has 0 aromatic carbocycles. The fourth-order valence-electron chi connectivity index (χ4n) is 2.57. The van der Waals surface area contributed by atoms with Crippen molar-refractivity contribution in [3.63, 3.8) is 0 Å². The number of rotatable bonds is 3. The zero-order valence-electron chi connectivity index (χ0n) is 12.1. The summed E-state index contributed by atoms with van der Waals surface area (Å²) < 4.78 is 5.63. The van der Waals surface area contributed by atoms with Gasteiger partial charge < -0.3 is 4.74 Å². The van der Waals surface area contributed by atoms with Gasteiger partial charge in [0.05, 0.1) is 0 Å². The lowest BCUT2D eigenvalue weighted by Gasteiger charge is -2.33. The van der Waals surface area contributed by atoms with E-state index in [0.717, 1.165) is 16.7 Å². The zero-order chi connectivity index (χ0) is 13.4. The number of carbonyl (C=O) groups excluding carboxylic acids is 1. The zero-order valence-corrected chi connectivity index (χ0v) is 12.1. The van der Waals surface area contributed by atoms with Crippen LogP contribution in [-0.2, 0) is 9.53 Å². The fourth-order valence-corrected chi connectivity index (χ4v) is 2.57. The smallest absolute Gasteiger partial charge is 0.173 e. The van der Waals surface area contributed by atoms with Gasteiger partial charge in [-0.25, -0.2) is 0 Å². The van der Waals surface area contributed by atoms with Gasteiger partial charge in [0.25, 0.3) is 0 Å². The van der Waals surface area contributed by atoms with Crippen LogP contribution in [0, 0.1) is 5.41 Å². The molecule has 0 radical (unpaired) electrons. The number of Topliss-reactive ketones (excluding diaryl/α,β-unsaturated/α-hetero) is 1. The van der Waals surface area contributed by atoms with Gasteiger partial charge >= 0.3 is 0 Å². The number of carbonyl (C=O) groups is 1. The molecule has 0 saturated heterocycles. The highest BCUT2D eigenvalue weighted by Gasteiger charge is 2.46. The third-order valence-corrected chi connectivity index (χ3v) is 3.50. The first-order valence-corrected chi connectivity index (χ1v) is 6.10. The summed E-state index contributed by atoms with van der Waals surface area (Å²) >= 11 is 0. The van der Waals surface area contributed by atoms with Gasteiger partial charge in [0.2, 0.25) is 0 Å². The maximum absolute atomic E-state index is 12.6. The number of ether oxygens (including phenoxy) is 1. The van der Waals surface area contributed by atoms with E-state index in [-0.39, 0.29) is 11.2 Å². The lowest BCUT2D eigenvalue weighted by atomic mass is 9.78. The molecule has 0 aliphatic heterocycles. The molecule has 17 heavy (non-hydrogen) atoms. The molecule has 0 N–H and O–H groups in total. The number of ketones is 1. The largest absolute Gasteiger partial charge is 0.362 e. The Morgan fingerprint density at radius 3 is 2.12 bits per heavy atom. The summed E-state index contributed by atoms with van der Waals surface area (Å²) in [5.74, 6) is 0.163. The van der Waals surface area contributed by atoms with Gasteiger partial charge in [0, 0.05) is 13.5 Å². The Hall–Kier alpha value is -0.890. The van der Waals surface area contributed by atoms with Gasteiger partial charge in [-0.15, -0.1) is 0 Å². The molecule has 96 valence electrons. The molecule has 1 unspecified atom stereocenters. The second-order valence-corrected chi connectivity index (χ2v) is 6.18. The van der Waals surface area contributed by atoms with Crippen LogP contribution in [0.25, 0.3) is 0 Å². The van der Waals surface area contributed by atoms with E-state index in [1.807, 2.05) is 20.8 Å². The summed E-state index contributed by atoms with van der Waals surface area (Å²) in [6.45, 7) is 12.2. The first kappa shape index (κ1) is 14.2. The number of hydrogen-bond acceptors (Lipinski definition) is 2. The van der Waals surface area contributed by atoms with Gasteiger partial charge in [-0.3, -0.25) is 4.79 Å². The summed E-state index contributed by atoms with van der Waals surface area (Å²) in [7, 11) is 1.62. The maximum atomic E-state index is 12.6. The third kappa shape index (κ3) is 2.37. The van der Waals surface area contributed by atoms with E-state index in [4.69, 9.17) is 4.74 Å². The predicted molar refractivity (Wildman–Crippen MR) is 71.0 cm³/mol. The first-order chi connectivity index (χ1) is 7.65. The second-order valence-electron chi connectivity index (χ2n) is 6.18. The highest BCUT2D eigenvalue weighted by Crippen LogP contribution is 2.41. The monoisotopic (exact) mass is 236 g/mol. The Balaban J connectivity index is 3.15. The summed E-state index contributed by atoms with van der Waals surface area (Å²) in [5.41, 5.74) is 2.36. The molecule has 1 aliphatic carbocycles. The van der Waals surface area contributed by atoms with Gasteiger partial charge in [0.15, 0.2) is 11.4 Å². The predicted octanol–water partition coefficient (Wildman–Crippen LogP) is 3.67. The van der Waals surface area contributed by atoms with E-state index in [1.165, 1.54) is 0 Å². The minimum absolute atomic E-state index is 0.0142. The summed E-state index contributed by atoms with van der Waals surface area (Å²) in [4.78, 5) is 12.6. The van der Waals surface area contributed by atoms with Crippen molar-refractivity contribution in [2.45, 2.75) is 53.6 Å². The standard InChI is InChI=1S/C15H24O2/c1-10-8-11(2)15(17-7,12(10)3)13(16)9-14(4,5)6/h8H,9H2,1-7H3. The highest BCUT2D eigenvalue weighted by molar-refractivity contribution is 5.96. The summed E-state index contributed by atoms with van der Waals surface area (Å²) in [5, 5.41) is 0. The van der Waals surface area contributed by atoms with Gasteiger partial charge in [-0.05, 0) is 42.9 Å². The van der Waals surface area contributed by atoms with Gasteiger partial charge in [0.1, 0.15) is 0 Å². The first-order valence-electron chi connectivity index (χ1n) is 6.10. The molecule has 1 atom stereocenters. The molecule has 2 nitrogen and oxygen atoms in total. The van der Waals surface area contributed by atoms with Crippen molar-refractivity contribution >= 4 is 5.78 Å². The van der Waals surface area contributed by atoms with E-state index in [1.54, 1.807) is 7.11 Å². The molecular formula is C15H24O2. The lowest BCUT2D eigenvalue weighted by molar-refractivity contribution is -0.135. The van der Waals surface area contributed by atoms with E-state index in [0.29, 0.717) is 6.42 Å². The molecular weight excluding hydrogens is 212 g/mol.